The van der Waals surface area contributed by atoms with E-state index in [9.17, 15) is 14.0 Å². The fourth-order valence-electron chi connectivity index (χ4n) is 2.94. The molecule has 6 nitrogen and oxygen atoms in total. The van der Waals surface area contributed by atoms with Crippen molar-refractivity contribution in [3.8, 4) is 11.5 Å². The highest BCUT2D eigenvalue weighted by Crippen LogP contribution is 2.35. The van der Waals surface area contributed by atoms with Crippen molar-refractivity contribution in [3.63, 3.8) is 0 Å². The van der Waals surface area contributed by atoms with Gasteiger partial charge in [-0.3, -0.25) is 9.69 Å². The first-order valence-corrected chi connectivity index (χ1v) is 10.4. The highest BCUT2D eigenvalue weighted by Gasteiger charge is 2.32. The van der Waals surface area contributed by atoms with Gasteiger partial charge < -0.3 is 14.8 Å². The summed E-state index contributed by atoms with van der Waals surface area (Å²) in [6.07, 6.45) is 2.29. The maximum atomic E-state index is 13.1. The van der Waals surface area contributed by atoms with Crippen LogP contribution in [0.4, 0.5) is 9.18 Å². The maximum absolute atomic E-state index is 13.1. The molecule has 30 heavy (non-hydrogen) atoms. The van der Waals surface area contributed by atoms with E-state index in [2.05, 4.69) is 21.2 Å². The van der Waals surface area contributed by atoms with Crippen LogP contribution >= 0.6 is 15.9 Å². The van der Waals surface area contributed by atoms with E-state index in [1.165, 1.54) is 17.0 Å². The molecule has 0 spiro atoms. The van der Waals surface area contributed by atoms with Crippen molar-refractivity contribution in [3.05, 3.63) is 63.5 Å². The quantitative estimate of drug-likeness (QED) is 0.435. The third-order valence-corrected chi connectivity index (χ3v) is 5.07. The van der Waals surface area contributed by atoms with Crippen LogP contribution in [-0.2, 0) is 11.4 Å². The summed E-state index contributed by atoms with van der Waals surface area (Å²) in [5.74, 6) is 0.338. The molecule has 3 amide bonds. The SMILES string of the molecule is CCCN1C(=O)N/C(=C/c2cc(OCC)c(OCc3ccc(F)cc3)cc2Br)C1=O. The Morgan fingerprint density at radius 1 is 1.10 bits per heavy atom. The van der Waals surface area contributed by atoms with Crippen LogP contribution in [0.25, 0.3) is 6.08 Å². The average molecular weight is 477 g/mol. The van der Waals surface area contributed by atoms with Crippen LogP contribution in [-0.4, -0.2) is 30.0 Å². The van der Waals surface area contributed by atoms with E-state index in [4.69, 9.17) is 9.47 Å². The third-order valence-electron chi connectivity index (χ3n) is 4.38. The lowest BCUT2D eigenvalue weighted by atomic mass is 10.1. The number of amides is 3. The zero-order valence-electron chi connectivity index (χ0n) is 16.7. The van der Waals surface area contributed by atoms with Gasteiger partial charge in [-0.2, -0.15) is 0 Å². The molecule has 1 saturated heterocycles. The lowest BCUT2D eigenvalue weighted by molar-refractivity contribution is -0.122. The molecule has 0 saturated carbocycles. The van der Waals surface area contributed by atoms with Crippen LogP contribution < -0.4 is 14.8 Å². The number of halogens is 2. The Kier molecular flexibility index (Phi) is 7.10. The Bertz CT molecular complexity index is 976. The van der Waals surface area contributed by atoms with Gasteiger partial charge >= 0.3 is 6.03 Å². The summed E-state index contributed by atoms with van der Waals surface area (Å²) in [6, 6.07) is 9.12. The highest BCUT2D eigenvalue weighted by atomic mass is 79.9. The van der Waals surface area contributed by atoms with E-state index in [0.717, 1.165) is 5.56 Å². The number of hydrogen-bond acceptors (Lipinski definition) is 4. The zero-order chi connectivity index (χ0) is 21.7. The van der Waals surface area contributed by atoms with E-state index in [1.54, 1.807) is 30.3 Å². The number of imide groups is 1. The second-order valence-corrected chi connectivity index (χ2v) is 7.47. The van der Waals surface area contributed by atoms with Crippen molar-refractivity contribution in [2.45, 2.75) is 26.9 Å². The molecule has 0 radical (unpaired) electrons. The molecule has 158 valence electrons. The monoisotopic (exact) mass is 476 g/mol. The van der Waals surface area contributed by atoms with E-state index in [0.29, 0.717) is 41.1 Å². The van der Waals surface area contributed by atoms with Crippen LogP contribution in [0.2, 0.25) is 0 Å². The smallest absolute Gasteiger partial charge is 0.329 e. The second-order valence-electron chi connectivity index (χ2n) is 6.61. The maximum Gasteiger partial charge on any atom is 0.329 e. The van der Waals surface area contributed by atoms with Gasteiger partial charge in [-0.15, -0.1) is 0 Å². The predicted molar refractivity (Wildman–Crippen MR) is 115 cm³/mol. The summed E-state index contributed by atoms with van der Waals surface area (Å²) >= 11 is 3.49. The summed E-state index contributed by atoms with van der Waals surface area (Å²) in [7, 11) is 0. The van der Waals surface area contributed by atoms with Crippen LogP contribution in [0, 0.1) is 5.82 Å². The molecule has 1 aliphatic rings. The summed E-state index contributed by atoms with van der Waals surface area (Å²) in [4.78, 5) is 25.6. The number of ether oxygens (including phenoxy) is 2. The molecular weight excluding hydrogens is 455 g/mol. The highest BCUT2D eigenvalue weighted by molar-refractivity contribution is 9.10. The lowest BCUT2D eigenvalue weighted by Crippen LogP contribution is -2.31. The molecular formula is C22H22BrFN2O4. The first-order chi connectivity index (χ1) is 14.4. The predicted octanol–water partition coefficient (Wildman–Crippen LogP) is 4.87. The van der Waals surface area contributed by atoms with Gasteiger partial charge in [0.15, 0.2) is 11.5 Å². The molecule has 0 bridgehead atoms. The zero-order valence-corrected chi connectivity index (χ0v) is 18.3. The third kappa shape index (κ3) is 4.99. The number of carbonyl (C=O) groups excluding carboxylic acids is 2. The largest absolute Gasteiger partial charge is 0.490 e. The van der Waals surface area contributed by atoms with Gasteiger partial charge in [0.05, 0.1) is 6.61 Å². The molecule has 3 rings (SSSR count). The molecule has 2 aromatic carbocycles. The van der Waals surface area contributed by atoms with Gasteiger partial charge in [0, 0.05) is 11.0 Å². The Hall–Kier alpha value is -2.87. The van der Waals surface area contributed by atoms with Gasteiger partial charge in [0.2, 0.25) is 0 Å². The molecule has 0 aliphatic carbocycles. The van der Waals surface area contributed by atoms with Crippen LogP contribution in [0.1, 0.15) is 31.4 Å². The molecule has 8 heteroatoms. The Labute approximate surface area is 182 Å². The van der Waals surface area contributed by atoms with Gasteiger partial charge in [0.25, 0.3) is 5.91 Å². The van der Waals surface area contributed by atoms with Gasteiger partial charge in [0.1, 0.15) is 18.1 Å². The summed E-state index contributed by atoms with van der Waals surface area (Å²) in [6.45, 7) is 4.78. The normalized spacial score (nSPS) is 14.9. The summed E-state index contributed by atoms with van der Waals surface area (Å²) in [5, 5.41) is 2.61. The molecule has 1 N–H and O–H groups in total. The van der Waals surface area contributed by atoms with Gasteiger partial charge in [-0.25, -0.2) is 9.18 Å². The fraction of sp³-hybridized carbons (Fsp3) is 0.273. The average Bonchev–Trinajstić information content (AvgIpc) is 2.98. The van der Waals surface area contributed by atoms with Crippen LogP contribution in [0.3, 0.4) is 0 Å². The minimum absolute atomic E-state index is 0.205. The minimum atomic E-state index is -0.423. The number of nitrogens with zero attached hydrogens (tertiary/aromatic N) is 1. The van der Waals surface area contributed by atoms with E-state index < -0.39 is 6.03 Å². The second kappa shape index (κ2) is 9.75. The number of benzene rings is 2. The van der Waals surface area contributed by atoms with Crippen molar-refractivity contribution in [1.82, 2.24) is 10.2 Å². The van der Waals surface area contributed by atoms with Crippen molar-refractivity contribution in [2.75, 3.05) is 13.2 Å². The minimum Gasteiger partial charge on any atom is -0.490 e. The van der Waals surface area contributed by atoms with Crippen molar-refractivity contribution in [1.29, 1.82) is 0 Å². The molecule has 1 heterocycles. The first-order valence-electron chi connectivity index (χ1n) is 9.61. The van der Waals surface area contributed by atoms with Crippen LogP contribution in [0.15, 0.2) is 46.6 Å². The van der Waals surface area contributed by atoms with Gasteiger partial charge in [-0.1, -0.05) is 35.0 Å². The van der Waals surface area contributed by atoms with Gasteiger partial charge in [-0.05, 0) is 54.8 Å². The number of hydrogen-bond donors (Lipinski definition) is 1. The topological polar surface area (TPSA) is 67.9 Å². The summed E-state index contributed by atoms with van der Waals surface area (Å²) in [5.41, 5.74) is 1.68. The molecule has 1 fully saturated rings. The van der Waals surface area contributed by atoms with Crippen molar-refractivity contribution in [2.24, 2.45) is 0 Å². The lowest BCUT2D eigenvalue weighted by Gasteiger charge is -2.14. The Morgan fingerprint density at radius 2 is 1.80 bits per heavy atom. The molecule has 0 unspecified atom stereocenters. The fourth-order valence-corrected chi connectivity index (χ4v) is 3.37. The molecule has 0 atom stereocenters. The number of urea groups is 1. The Morgan fingerprint density at radius 3 is 2.47 bits per heavy atom. The van der Waals surface area contributed by atoms with E-state index >= 15 is 0 Å². The first kappa shape index (κ1) is 21.8. The Balaban J connectivity index is 1.85. The number of carbonyl (C=O) groups is 2. The van der Waals surface area contributed by atoms with E-state index in [1.807, 2.05) is 13.8 Å². The molecule has 2 aromatic rings. The molecule has 1 aliphatic heterocycles. The number of rotatable bonds is 8. The number of nitrogens with one attached hydrogen (secondary N) is 1. The van der Waals surface area contributed by atoms with E-state index in [-0.39, 0.29) is 24.0 Å². The van der Waals surface area contributed by atoms with Crippen molar-refractivity contribution >= 4 is 33.9 Å². The summed E-state index contributed by atoms with van der Waals surface area (Å²) < 4.78 is 25.3. The standard InChI is InChI=1S/C22H22BrFN2O4/c1-3-9-26-21(27)18(25-22(26)28)10-15-11-19(29-4-2)20(12-17(15)23)30-13-14-5-7-16(24)8-6-14/h5-8,10-12H,3-4,9,13H2,1-2H3,(H,25,28)/b18-10+. The van der Waals surface area contributed by atoms with Crippen LogP contribution in [0.5, 0.6) is 11.5 Å². The molecule has 0 aromatic heterocycles. The van der Waals surface area contributed by atoms with Crippen molar-refractivity contribution < 1.29 is 23.5 Å².